The number of piperazine rings is 1. The lowest BCUT2D eigenvalue weighted by Crippen LogP contribution is -2.58. The Hall–Kier alpha value is -4.06. The average Bonchev–Trinajstić information content (AvgIpc) is 2.91. The molecule has 3 atom stereocenters. The number of rotatable bonds is 5. The minimum atomic E-state index is -5.01. The Bertz CT molecular complexity index is 1610. The van der Waals surface area contributed by atoms with Crippen LogP contribution in [0.15, 0.2) is 47.8 Å². The monoisotopic (exact) mass is 588 g/mol. The molecule has 2 aromatic carbocycles. The molecule has 1 saturated heterocycles. The molecule has 0 unspecified atom stereocenters. The molecular weight excluding hydrogens is 556 g/mol. The van der Waals surface area contributed by atoms with Gasteiger partial charge in [-0.05, 0) is 58.3 Å². The summed E-state index contributed by atoms with van der Waals surface area (Å²) in [6.45, 7) is 7.13. The van der Waals surface area contributed by atoms with Crippen LogP contribution in [0.25, 0.3) is 22.0 Å². The first-order chi connectivity index (χ1) is 19.8. The summed E-state index contributed by atoms with van der Waals surface area (Å²) in [4.78, 5) is 31.3. The number of hydrogen-bond donors (Lipinski definition) is 1. The van der Waals surface area contributed by atoms with Crippen molar-refractivity contribution in [3.63, 3.8) is 0 Å². The maximum atomic E-state index is 15.0. The summed E-state index contributed by atoms with van der Waals surface area (Å²) in [6, 6.07) is 4.76. The van der Waals surface area contributed by atoms with Crippen molar-refractivity contribution < 1.29 is 32.2 Å². The van der Waals surface area contributed by atoms with Crippen LogP contribution in [0, 0.1) is 5.82 Å². The number of benzene rings is 2. The molecule has 42 heavy (non-hydrogen) atoms. The summed E-state index contributed by atoms with van der Waals surface area (Å²) >= 11 is 0. The standard InChI is InChI=1S/C30H32F4N4O4/c1-6-23(40)36-12-17(3)37(13-16(36)2)26-20-11-10-19(24-21(31)8-7-9-22(24)39)28-27(20)38(18(15-42-28)14-35(4)5)29(41)25(26)30(32,33)34/h6-11,16-18,39H,1,12-15H2,2-5H3/t16-,17+,18+/m1/s1. The minimum absolute atomic E-state index is 0.0103. The van der Waals surface area contributed by atoms with Crippen molar-refractivity contribution in [2.75, 3.05) is 45.2 Å². The van der Waals surface area contributed by atoms with Crippen molar-refractivity contribution in [2.45, 2.75) is 38.1 Å². The largest absolute Gasteiger partial charge is 0.507 e. The van der Waals surface area contributed by atoms with Gasteiger partial charge < -0.3 is 24.5 Å². The van der Waals surface area contributed by atoms with Crippen LogP contribution in [0.2, 0.25) is 0 Å². The second-order valence-corrected chi connectivity index (χ2v) is 11.1. The van der Waals surface area contributed by atoms with Gasteiger partial charge in [0.1, 0.15) is 23.7 Å². The van der Waals surface area contributed by atoms with Crippen LogP contribution in [0.5, 0.6) is 11.5 Å². The molecule has 0 bridgehead atoms. The zero-order valence-electron chi connectivity index (χ0n) is 23.7. The number of halogens is 4. The van der Waals surface area contributed by atoms with Crippen LogP contribution in [0.4, 0.5) is 23.2 Å². The molecule has 1 amide bonds. The Balaban J connectivity index is 1.87. The van der Waals surface area contributed by atoms with Gasteiger partial charge in [-0.2, -0.15) is 13.2 Å². The quantitative estimate of drug-likeness (QED) is 0.346. The molecule has 3 heterocycles. The van der Waals surface area contributed by atoms with E-state index in [-0.39, 0.29) is 71.4 Å². The van der Waals surface area contributed by atoms with Gasteiger partial charge >= 0.3 is 6.18 Å². The Morgan fingerprint density at radius 3 is 2.50 bits per heavy atom. The van der Waals surface area contributed by atoms with Crippen molar-refractivity contribution >= 4 is 22.5 Å². The zero-order valence-corrected chi connectivity index (χ0v) is 23.7. The van der Waals surface area contributed by atoms with Crippen LogP contribution in [-0.4, -0.2) is 77.8 Å². The molecule has 1 aromatic heterocycles. The van der Waals surface area contributed by atoms with Crippen molar-refractivity contribution in [3.05, 3.63) is 64.7 Å². The molecule has 2 aliphatic heterocycles. The van der Waals surface area contributed by atoms with Crippen LogP contribution >= 0.6 is 0 Å². The SMILES string of the molecule is C=CC(=O)N1C[C@H](C)N(c2c(C(F)(F)F)c(=O)n3c4c(c(-c5c(O)cccc5F)ccc24)OC[C@@H]3CN(C)C)C[C@H]1C. The van der Waals surface area contributed by atoms with E-state index in [2.05, 4.69) is 6.58 Å². The fourth-order valence-electron chi connectivity index (χ4n) is 6.16. The highest BCUT2D eigenvalue weighted by Gasteiger charge is 2.45. The van der Waals surface area contributed by atoms with Crippen molar-refractivity contribution in [1.29, 1.82) is 0 Å². The molecule has 12 heteroatoms. The summed E-state index contributed by atoms with van der Waals surface area (Å²) in [6.07, 6.45) is -3.85. The van der Waals surface area contributed by atoms with E-state index >= 15 is 4.39 Å². The number of phenolic OH excluding ortho intramolecular Hbond substituents is 1. The highest BCUT2D eigenvalue weighted by atomic mass is 19.4. The van der Waals surface area contributed by atoms with Gasteiger partial charge in [0.05, 0.1) is 22.8 Å². The number of ether oxygens (including phenoxy) is 1. The van der Waals surface area contributed by atoms with Crippen LogP contribution < -0.4 is 15.2 Å². The van der Waals surface area contributed by atoms with E-state index in [9.17, 15) is 27.9 Å². The summed E-state index contributed by atoms with van der Waals surface area (Å²) < 4.78 is 67.0. The minimum Gasteiger partial charge on any atom is -0.507 e. The van der Waals surface area contributed by atoms with Gasteiger partial charge in [0.2, 0.25) is 5.91 Å². The summed E-state index contributed by atoms with van der Waals surface area (Å²) in [5, 5.41) is 10.6. The zero-order chi connectivity index (χ0) is 30.7. The number of aromatic nitrogens is 1. The van der Waals surface area contributed by atoms with Crippen molar-refractivity contribution in [2.24, 2.45) is 0 Å². The lowest BCUT2D eigenvalue weighted by atomic mass is 9.95. The molecule has 1 fully saturated rings. The predicted molar refractivity (Wildman–Crippen MR) is 152 cm³/mol. The average molecular weight is 589 g/mol. The van der Waals surface area contributed by atoms with E-state index in [4.69, 9.17) is 4.74 Å². The first-order valence-corrected chi connectivity index (χ1v) is 13.5. The van der Waals surface area contributed by atoms with Crippen LogP contribution in [0.3, 0.4) is 0 Å². The Kier molecular flexibility index (Phi) is 7.46. The number of nitrogens with zero attached hydrogens (tertiary/aromatic N) is 4. The summed E-state index contributed by atoms with van der Waals surface area (Å²) in [5.74, 6) is -1.46. The molecule has 0 spiro atoms. The van der Waals surface area contributed by atoms with E-state index in [1.165, 1.54) is 34.1 Å². The number of carbonyl (C=O) groups excluding carboxylic acids is 1. The molecule has 3 aromatic rings. The smallest absolute Gasteiger partial charge is 0.423 e. The normalized spacial score (nSPS) is 20.6. The predicted octanol–water partition coefficient (Wildman–Crippen LogP) is 4.64. The third kappa shape index (κ3) is 4.77. The Morgan fingerprint density at radius 2 is 1.88 bits per heavy atom. The number of aromatic hydroxyl groups is 1. The van der Waals surface area contributed by atoms with Crippen molar-refractivity contribution in [1.82, 2.24) is 14.4 Å². The number of amides is 1. The topological polar surface area (TPSA) is 78.2 Å². The van der Waals surface area contributed by atoms with E-state index in [0.717, 1.165) is 16.7 Å². The van der Waals surface area contributed by atoms with Gasteiger partial charge in [-0.15, -0.1) is 0 Å². The molecule has 224 valence electrons. The third-order valence-electron chi connectivity index (χ3n) is 7.93. The van der Waals surface area contributed by atoms with Gasteiger partial charge in [0.15, 0.2) is 5.75 Å². The Labute approximate surface area is 240 Å². The molecule has 0 aliphatic carbocycles. The van der Waals surface area contributed by atoms with Gasteiger partial charge in [-0.3, -0.25) is 14.2 Å². The summed E-state index contributed by atoms with van der Waals surface area (Å²) in [5.41, 5.74) is -2.84. The number of likely N-dealkylation sites (N-methyl/N-ethyl adjacent to an activating group) is 1. The Morgan fingerprint density at radius 1 is 1.17 bits per heavy atom. The number of pyridine rings is 1. The van der Waals surface area contributed by atoms with Gasteiger partial charge in [0.25, 0.3) is 5.56 Å². The van der Waals surface area contributed by atoms with Gasteiger partial charge in [0, 0.05) is 42.7 Å². The molecule has 0 saturated carbocycles. The number of alkyl halides is 3. The molecule has 2 aliphatic rings. The van der Waals surface area contributed by atoms with E-state index in [0.29, 0.717) is 0 Å². The van der Waals surface area contributed by atoms with Crippen LogP contribution in [0.1, 0.15) is 25.5 Å². The molecule has 8 nitrogen and oxygen atoms in total. The number of hydrogen-bond acceptors (Lipinski definition) is 6. The maximum absolute atomic E-state index is 15.0. The molecular formula is C30H32F4N4O4. The molecule has 5 rings (SSSR count). The highest BCUT2D eigenvalue weighted by Crippen LogP contribution is 2.49. The number of anilines is 1. The third-order valence-corrected chi connectivity index (χ3v) is 7.93. The summed E-state index contributed by atoms with van der Waals surface area (Å²) in [7, 11) is 3.47. The first-order valence-electron chi connectivity index (χ1n) is 13.5. The second kappa shape index (κ2) is 10.6. The maximum Gasteiger partial charge on any atom is 0.423 e. The van der Waals surface area contributed by atoms with E-state index in [1.807, 2.05) is 0 Å². The van der Waals surface area contributed by atoms with Gasteiger partial charge in [-0.25, -0.2) is 4.39 Å². The first kappa shape index (κ1) is 29.4. The fourth-order valence-corrected chi connectivity index (χ4v) is 6.16. The second-order valence-electron chi connectivity index (χ2n) is 11.1. The van der Waals surface area contributed by atoms with Crippen LogP contribution in [-0.2, 0) is 11.0 Å². The fraction of sp³-hybridized carbons (Fsp3) is 0.400. The number of carbonyl (C=O) groups is 1. The van der Waals surface area contributed by atoms with E-state index in [1.54, 1.807) is 32.8 Å². The highest BCUT2D eigenvalue weighted by molar-refractivity contribution is 6.02. The molecule has 0 radical (unpaired) electrons. The lowest BCUT2D eigenvalue weighted by Gasteiger charge is -2.46. The molecule has 1 N–H and O–H groups in total. The van der Waals surface area contributed by atoms with Crippen molar-refractivity contribution in [3.8, 4) is 22.6 Å². The van der Waals surface area contributed by atoms with E-state index < -0.39 is 41.2 Å². The lowest BCUT2D eigenvalue weighted by molar-refractivity contribution is -0.138. The number of phenols is 1. The van der Waals surface area contributed by atoms with Gasteiger partial charge in [-0.1, -0.05) is 12.6 Å².